The molecule has 1 aromatic heterocycles. The summed E-state index contributed by atoms with van der Waals surface area (Å²) < 4.78 is 2.03. The van der Waals surface area contributed by atoms with Crippen molar-refractivity contribution in [3.63, 3.8) is 0 Å². The molecule has 1 aliphatic rings. The Hall–Kier alpha value is -0.900. The lowest BCUT2D eigenvalue weighted by atomic mass is 10.1. The van der Waals surface area contributed by atoms with Crippen LogP contribution in [0.5, 0.6) is 0 Å². The Balaban J connectivity index is 2.23. The van der Waals surface area contributed by atoms with Crippen molar-refractivity contribution in [2.45, 2.75) is 38.8 Å². The third-order valence-electron chi connectivity index (χ3n) is 2.96. The van der Waals surface area contributed by atoms with Gasteiger partial charge in [0.2, 0.25) is 0 Å². The molecule has 0 aliphatic heterocycles. The van der Waals surface area contributed by atoms with Crippen molar-refractivity contribution < 1.29 is 5.11 Å². The molecule has 1 heterocycles. The van der Waals surface area contributed by atoms with E-state index in [-0.39, 0.29) is 6.61 Å². The SMILES string of the molecule is CC1CCCC1n1cnnc1CO. The number of aromatic nitrogens is 3. The van der Waals surface area contributed by atoms with Crippen molar-refractivity contribution in [3.05, 3.63) is 12.2 Å². The number of rotatable bonds is 2. The predicted molar refractivity (Wildman–Crippen MR) is 48.0 cm³/mol. The molecule has 2 atom stereocenters. The molecule has 0 aromatic carbocycles. The van der Waals surface area contributed by atoms with Crippen LogP contribution in [0.3, 0.4) is 0 Å². The second-order valence-electron chi connectivity index (χ2n) is 3.79. The van der Waals surface area contributed by atoms with Gasteiger partial charge in [0.25, 0.3) is 0 Å². The maximum atomic E-state index is 9.03. The van der Waals surface area contributed by atoms with Crippen molar-refractivity contribution in [1.82, 2.24) is 14.8 Å². The van der Waals surface area contributed by atoms with Crippen LogP contribution in [-0.4, -0.2) is 19.9 Å². The fraction of sp³-hybridized carbons (Fsp3) is 0.778. The molecule has 0 bridgehead atoms. The van der Waals surface area contributed by atoms with Gasteiger partial charge in [0.1, 0.15) is 12.9 Å². The Morgan fingerprint density at radius 3 is 3.08 bits per heavy atom. The van der Waals surface area contributed by atoms with Crippen LogP contribution < -0.4 is 0 Å². The lowest BCUT2D eigenvalue weighted by molar-refractivity contribution is 0.255. The number of aliphatic hydroxyl groups excluding tert-OH is 1. The minimum atomic E-state index is -0.0107. The third-order valence-corrected chi connectivity index (χ3v) is 2.96. The Bertz CT molecular complexity index is 284. The van der Waals surface area contributed by atoms with Gasteiger partial charge < -0.3 is 9.67 Å². The van der Waals surface area contributed by atoms with Gasteiger partial charge in [0.05, 0.1) is 0 Å². The highest BCUT2D eigenvalue weighted by atomic mass is 16.3. The van der Waals surface area contributed by atoms with Crippen molar-refractivity contribution in [3.8, 4) is 0 Å². The van der Waals surface area contributed by atoms with E-state index in [9.17, 15) is 0 Å². The van der Waals surface area contributed by atoms with E-state index in [1.807, 2.05) is 4.57 Å². The second kappa shape index (κ2) is 3.46. The molecule has 0 spiro atoms. The number of hydrogen-bond donors (Lipinski definition) is 1. The Kier molecular flexibility index (Phi) is 2.31. The molecule has 1 fully saturated rings. The highest BCUT2D eigenvalue weighted by Gasteiger charge is 2.26. The first-order valence-electron chi connectivity index (χ1n) is 4.82. The van der Waals surface area contributed by atoms with Crippen LogP contribution in [0, 0.1) is 5.92 Å². The van der Waals surface area contributed by atoms with Crippen LogP contribution in [0.1, 0.15) is 38.1 Å². The molecule has 4 nitrogen and oxygen atoms in total. The standard InChI is InChI=1S/C9H15N3O/c1-7-3-2-4-8(7)12-6-10-11-9(12)5-13/h6-8,13H,2-5H2,1H3. The highest BCUT2D eigenvalue weighted by Crippen LogP contribution is 2.35. The lowest BCUT2D eigenvalue weighted by Gasteiger charge is -2.17. The van der Waals surface area contributed by atoms with E-state index in [1.54, 1.807) is 6.33 Å². The summed E-state index contributed by atoms with van der Waals surface area (Å²) >= 11 is 0. The predicted octanol–water partition coefficient (Wildman–Crippen LogP) is 1.13. The first-order chi connectivity index (χ1) is 6.33. The van der Waals surface area contributed by atoms with Gasteiger partial charge in [-0.3, -0.25) is 0 Å². The zero-order chi connectivity index (χ0) is 9.26. The summed E-state index contributed by atoms with van der Waals surface area (Å²) in [6.07, 6.45) is 5.47. The third kappa shape index (κ3) is 1.46. The van der Waals surface area contributed by atoms with Crippen LogP contribution in [0.25, 0.3) is 0 Å². The maximum Gasteiger partial charge on any atom is 0.158 e. The molecule has 4 heteroatoms. The summed E-state index contributed by atoms with van der Waals surface area (Å²) in [5, 5.41) is 16.7. The monoisotopic (exact) mass is 181 g/mol. The van der Waals surface area contributed by atoms with Crippen LogP contribution in [-0.2, 0) is 6.61 Å². The normalized spacial score (nSPS) is 28.2. The average Bonchev–Trinajstić information content (AvgIpc) is 2.71. The minimum Gasteiger partial charge on any atom is -0.388 e. The first kappa shape index (κ1) is 8.69. The Labute approximate surface area is 77.6 Å². The molecule has 1 aromatic rings. The molecule has 0 amide bonds. The zero-order valence-corrected chi connectivity index (χ0v) is 7.85. The van der Waals surface area contributed by atoms with E-state index >= 15 is 0 Å². The largest absolute Gasteiger partial charge is 0.388 e. The minimum absolute atomic E-state index is 0.0107. The van der Waals surface area contributed by atoms with Crippen LogP contribution in [0.15, 0.2) is 6.33 Å². The second-order valence-corrected chi connectivity index (χ2v) is 3.79. The molecule has 13 heavy (non-hydrogen) atoms. The van der Waals surface area contributed by atoms with Crippen LogP contribution in [0.4, 0.5) is 0 Å². The molecule has 2 rings (SSSR count). The molecule has 72 valence electrons. The average molecular weight is 181 g/mol. The summed E-state index contributed by atoms with van der Waals surface area (Å²) in [4.78, 5) is 0. The molecule has 1 aliphatic carbocycles. The molecular weight excluding hydrogens is 166 g/mol. The summed E-state index contributed by atoms with van der Waals surface area (Å²) in [5.74, 6) is 1.38. The fourth-order valence-electron chi connectivity index (χ4n) is 2.20. The molecule has 2 unspecified atom stereocenters. The van der Waals surface area contributed by atoms with E-state index in [1.165, 1.54) is 19.3 Å². The zero-order valence-electron chi connectivity index (χ0n) is 7.85. The quantitative estimate of drug-likeness (QED) is 0.744. The number of nitrogens with zero attached hydrogens (tertiary/aromatic N) is 3. The van der Waals surface area contributed by atoms with E-state index in [2.05, 4.69) is 17.1 Å². The van der Waals surface area contributed by atoms with Gasteiger partial charge in [0, 0.05) is 6.04 Å². The van der Waals surface area contributed by atoms with E-state index in [4.69, 9.17) is 5.11 Å². The molecular formula is C9H15N3O. The lowest BCUT2D eigenvalue weighted by Crippen LogP contribution is -2.13. The molecule has 0 radical (unpaired) electrons. The van der Waals surface area contributed by atoms with Crippen molar-refractivity contribution in [2.24, 2.45) is 5.92 Å². The molecule has 1 N–H and O–H groups in total. The Morgan fingerprint density at radius 1 is 1.62 bits per heavy atom. The topological polar surface area (TPSA) is 50.9 Å². The van der Waals surface area contributed by atoms with Gasteiger partial charge in [-0.15, -0.1) is 10.2 Å². The smallest absolute Gasteiger partial charge is 0.158 e. The summed E-state index contributed by atoms with van der Waals surface area (Å²) in [5.41, 5.74) is 0. The summed E-state index contributed by atoms with van der Waals surface area (Å²) in [6.45, 7) is 2.24. The van der Waals surface area contributed by atoms with Crippen molar-refractivity contribution >= 4 is 0 Å². The summed E-state index contributed by atoms with van der Waals surface area (Å²) in [6, 6.07) is 0.497. The van der Waals surface area contributed by atoms with Crippen molar-refractivity contribution in [2.75, 3.05) is 0 Å². The van der Waals surface area contributed by atoms with Gasteiger partial charge in [-0.05, 0) is 18.8 Å². The first-order valence-corrected chi connectivity index (χ1v) is 4.82. The van der Waals surface area contributed by atoms with Crippen LogP contribution in [0.2, 0.25) is 0 Å². The van der Waals surface area contributed by atoms with Crippen molar-refractivity contribution in [1.29, 1.82) is 0 Å². The van der Waals surface area contributed by atoms with E-state index in [0.29, 0.717) is 17.8 Å². The fourth-order valence-corrected chi connectivity index (χ4v) is 2.20. The van der Waals surface area contributed by atoms with E-state index < -0.39 is 0 Å². The van der Waals surface area contributed by atoms with Gasteiger partial charge >= 0.3 is 0 Å². The van der Waals surface area contributed by atoms with Gasteiger partial charge in [-0.25, -0.2) is 0 Å². The van der Waals surface area contributed by atoms with E-state index in [0.717, 1.165) is 0 Å². The van der Waals surface area contributed by atoms with Gasteiger partial charge in [0.15, 0.2) is 5.82 Å². The molecule has 0 saturated heterocycles. The maximum absolute atomic E-state index is 9.03. The molecule has 1 saturated carbocycles. The number of hydrogen-bond acceptors (Lipinski definition) is 3. The van der Waals surface area contributed by atoms with Gasteiger partial charge in [-0.2, -0.15) is 0 Å². The highest BCUT2D eigenvalue weighted by molar-refractivity contribution is 4.91. The van der Waals surface area contributed by atoms with Crippen LogP contribution >= 0.6 is 0 Å². The Morgan fingerprint density at radius 2 is 2.46 bits per heavy atom. The van der Waals surface area contributed by atoms with Gasteiger partial charge in [-0.1, -0.05) is 13.3 Å². The number of aliphatic hydroxyl groups is 1. The summed E-state index contributed by atoms with van der Waals surface area (Å²) in [7, 11) is 0.